The molecule has 138 valence electrons. The molecule has 2 heterocycles. The fraction of sp³-hybridized carbons (Fsp3) is 0.300. The summed E-state index contributed by atoms with van der Waals surface area (Å²) in [5.41, 5.74) is 0.685. The number of aromatic nitrogens is 1. The molecule has 0 saturated heterocycles. The first kappa shape index (κ1) is 17.2. The van der Waals surface area contributed by atoms with E-state index in [1.165, 1.54) is 0 Å². The summed E-state index contributed by atoms with van der Waals surface area (Å²) in [5.74, 6) is 1.43. The van der Waals surface area contributed by atoms with Crippen LogP contribution in [0.5, 0.6) is 17.4 Å². The van der Waals surface area contributed by atoms with Gasteiger partial charge in [0.25, 0.3) is 5.88 Å². The average Bonchev–Trinajstić information content (AvgIpc) is 3.07. The maximum Gasteiger partial charge on any atom is 0.262 e. The monoisotopic (exact) mass is 366 g/mol. The van der Waals surface area contributed by atoms with E-state index in [0.717, 1.165) is 0 Å². The van der Waals surface area contributed by atoms with Crippen molar-refractivity contribution in [1.29, 1.82) is 5.26 Å². The number of hydrogen-bond acceptors (Lipinski definition) is 7. The smallest absolute Gasteiger partial charge is 0.262 e. The van der Waals surface area contributed by atoms with E-state index in [2.05, 4.69) is 11.2 Å². The highest BCUT2D eigenvalue weighted by atomic mass is 16.6. The van der Waals surface area contributed by atoms with Crippen molar-refractivity contribution in [2.45, 2.75) is 31.7 Å². The summed E-state index contributed by atoms with van der Waals surface area (Å²) in [7, 11) is 1.57. The molecule has 27 heavy (non-hydrogen) atoms. The molecule has 0 unspecified atom stereocenters. The molecule has 2 atom stereocenters. The Hall–Kier alpha value is -3.24. The molecule has 0 amide bonds. The summed E-state index contributed by atoms with van der Waals surface area (Å²) in [5, 5.41) is 24.7. The Kier molecular flexibility index (Phi) is 3.93. The van der Waals surface area contributed by atoms with Gasteiger partial charge in [-0.15, -0.1) is 0 Å². The second kappa shape index (κ2) is 6.18. The number of nitrogens with zero attached hydrogens (tertiary/aromatic N) is 2. The minimum Gasteiger partial charge on any atom is -0.497 e. The summed E-state index contributed by atoms with van der Waals surface area (Å²) in [4.78, 5) is 0. The van der Waals surface area contributed by atoms with Crippen LogP contribution in [0.4, 0.5) is 0 Å². The van der Waals surface area contributed by atoms with Crippen molar-refractivity contribution in [3.8, 4) is 23.4 Å². The quantitative estimate of drug-likeness (QED) is 0.759. The summed E-state index contributed by atoms with van der Waals surface area (Å²) in [6.45, 7) is 3.55. The number of benzene rings is 2. The van der Waals surface area contributed by atoms with Crippen LogP contribution in [-0.4, -0.2) is 29.1 Å². The lowest BCUT2D eigenvalue weighted by Gasteiger charge is -2.41. The van der Waals surface area contributed by atoms with Gasteiger partial charge in [-0.25, -0.2) is 0 Å². The fourth-order valence-electron chi connectivity index (χ4n) is 3.17. The molecule has 7 nitrogen and oxygen atoms in total. The van der Waals surface area contributed by atoms with Gasteiger partial charge in [0.2, 0.25) is 0 Å². The van der Waals surface area contributed by atoms with E-state index in [0.29, 0.717) is 33.6 Å². The average molecular weight is 366 g/mol. The molecule has 0 fully saturated rings. The van der Waals surface area contributed by atoms with Crippen molar-refractivity contribution in [1.82, 2.24) is 5.16 Å². The number of methoxy groups -OCH3 is 1. The van der Waals surface area contributed by atoms with Crippen molar-refractivity contribution in [2.24, 2.45) is 0 Å². The molecule has 4 rings (SSSR count). The lowest BCUT2D eigenvalue weighted by molar-refractivity contribution is -0.104. The highest BCUT2D eigenvalue weighted by molar-refractivity contribution is 5.83. The summed E-state index contributed by atoms with van der Waals surface area (Å²) in [6, 6.07) is 12.4. The van der Waals surface area contributed by atoms with Crippen LogP contribution < -0.4 is 14.2 Å². The molecule has 1 aliphatic rings. The van der Waals surface area contributed by atoms with E-state index < -0.39 is 17.8 Å². The van der Waals surface area contributed by atoms with Crippen LogP contribution in [0.15, 0.2) is 40.9 Å². The molecule has 2 aromatic carbocycles. The Morgan fingerprint density at radius 2 is 2.04 bits per heavy atom. The summed E-state index contributed by atoms with van der Waals surface area (Å²) in [6.07, 6.45) is -1.77. The van der Waals surface area contributed by atoms with Crippen LogP contribution >= 0.6 is 0 Å². The van der Waals surface area contributed by atoms with E-state index in [1.807, 2.05) is 0 Å². The molecule has 0 bridgehead atoms. The number of aliphatic hydroxyl groups is 1. The van der Waals surface area contributed by atoms with Gasteiger partial charge in [-0.05, 0) is 55.4 Å². The Morgan fingerprint density at radius 1 is 1.22 bits per heavy atom. The van der Waals surface area contributed by atoms with Crippen LogP contribution in [-0.2, 0) is 0 Å². The van der Waals surface area contributed by atoms with Crippen molar-refractivity contribution in [3.05, 3.63) is 47.5 Å². The standard InChI is InChI=1S/C20H18N2O5/c1-20(2)18(23)17(13-8-11(10-21)4-6-15(13)26-20)25-19-14-9-12(24-3)5-7-16(14)27-22-19/h4-9,17-18,23H,1-3H3/t17-,18+/m1/s1. The lowest BCUT2D eigenvalue weighted by atomic mass is 9.87. The van der Waals surface area contributed by atoms with Gasteiger partial charge in [0.15, 0.2) is 11.7 Å². The number of ether oxygens (including phenoxy) is 3. The summed E-state index contributed by atoms with van der Waals surface area (Å²) >= 11 is 0. The van der Waals surface area contributed by atoms with Gasteiger partial charge < -0.3 is 23.8 Å². The van der Waals surface area contributed by atoms with Gasteiger partial charge in [0.05, 0.1) is 24.1 Å². The third-order valence-corrected chi connectivity index (χ3v) is 4.70. The molecular weight excluding hydrogens is 348 g/mol. The maximum absolute atomic E-state index is 10.9. The fourth-order valence-corrected chi connectivity index (χ4v) is 3.17. The summed E-state index contributed by atoms with van der Waals surface area (Å²) < 4.78 is 22.5. The molecule has 1 N–H and O–H groups in total. The second-order valence-electron chi connectivity index (χ2n) is 6.90. The molecule has 0 radical (unpaired) electrons. The number of hydrogen-bond donors (Lipinski definition) is 1. The maximum atomic E-state index is 10.9. The molecule has 0 aliphatic carbocycles. The predicted octanol–water partition coefficient (Wildman–Crippen LogP) is 3.36. The van der Waals surface area contributed by atoms with Crippen LogP contribution in [0.1, 0.15) is 31.1 Å². The zero-order chi connectivity index (χ0) is 19.2. The van der Waals surface area contributed by atoms with E-state index in [-0.39, 0.29) is 5.88 Å². The van der Waals surface area contributed by atoms with Gasteiger partial charge in [0, 0.05) is 5.56 Å². The second-order valence-corrected chi connectivity index (χ2v) is 6.90. The van der Waals surface area contributed by atoms with Gasteiger partial charge >= 0.3 is 0 Å². The van der Waals surface area contributed by atoms with E-state index >= 15 is 0 Å². The highest BCUT2D eigenvalue weighted by Gasteiger charge is 2.45. The molecule has 3 aromatic rings. The Balaban J connectivity index is 1.80. The van der Waals surface area contributed by atoms with Gasteiger partial charge in [-0.1, -0.05) is 0 Å². The Bertz CT molecular complexity index is 1050. The van der Waals surface area contributed by atoms with Crippen LogP contribution in [0.3, 0.4) is 0 Å². The number of fused-ring (bicyclic) bond motifs is 2. The molecule has 1 aliphatic heterocycles. The first-order valence-electron chi connectivity index (χ1n) is 8.44. The van der Waals surface area contributed by atoms with Crippen molar-refractivity contribution < 1.29 is 23.8 Å². The lowest BCUT2D eigenvalue weighted by Crippen LogP contribution is -2.50. The molecule has 0 spiro atoms. The third-order valence-electron chi connectivity index (χ3n) is 4.70. The van der Waals surface area contributed by atoms with Crippen molar-refractivity contribution in [3.63, 3.8) is 0 Å². The number of nitriles is 1. The number of rotatable bonds is 3. The SMILES string of the molecule is COc1ccc2onc(O[C@@H]3c4cc(C#N)ccc4OC(C)(C)[C@H]3O)c2c1. The first-order chi connectivity index (χ1) is 12.9. The molecule has 0 saturated carbocycles. The van der Waals surface area contributed by atoms with E-state index in [9.17, 15) is 10.4 Å². The minimum absolute atomic E-state index is 0.235. The van der Waals surface area contributed by atoms with Gasteiger partial charge in [-0.2, -0.15) is 5.26 Å². The topological polar surface area (TPSA) is 97.7 Å². The van der Waals surface area contributed by atoms with E-state index in [1.54, 1.807) is 57.4 Å². The zero-order valence-electron chi connectivity index (χ0n) is 15.1. The molecule has 1 aromatic heterocycles. The Labute approximate surface area is 155 Å². The van der Waals surface area contributed by atoms with Gasteiger partial charge in [0.1, 0.15) is 23.2 Å². The largest absolute Gasteiger partial charge is 0.497 e. The number of aliphatic hydroxyl groups excluding tert-OH is 1. The Morgan fingerprint density at radius 3 is 2.78 bits per heavy atom. The first-order valence-corrected chi connectivity index (χ1v) is 8.44. The third kappa shape index (κ3) is 2.84. The van der Waals surface area contributed by atoms with E-state index in [4.69, 9.17) is 18.7 Å². The minimum atomic E-state index is -0.990. The zero-order valence-corrected chi connectivity index (χ0v) is 15.1. The molecule has 7 heteroatoms. The van der Waals surface area contributed by atoms with Crippen LogP contribution in [0, 0.1) is 11.3 Å². The highest BCUT2D eigenvalue weighted by Crippen LogP contribution is 2.43. The molecular formula is C20H18N2O5. The van der Waals surface area contributed by atoms with Crippen molar-refractivity contribution >= 4 is 11.0 Å². The predicted molar refractivity (Wildman–Crippen MR) is 95.8 cm³/mol. The van der Waals surface area contributed by atoms with Gasteiger partial charge in [-0.3, -0.25) is 0 Å². The van der Waals surface area contributed by atoms with Crippen LogP contribution in [0.25, 0.3) is 11.0 Å². The van der Waals surface area contributed by atoms with Crippen molar-refractivity contribution in [2.75, 3.05) is 7.11 Å². The van der Waals surface area contributed by atoms with Crippen LogP contribution in [0.2, 0.25) is 0 Å². The normalized spacial score (nSPS) is 20.4.